The number of hydrogen-bond donors (Lipinski definition) is 1. The van der Waals surface area contributed by atoms with Crippen LogP contribution in [0.1, 0.15) is 18.1 Å². The maximum atomic E-state index is 13.6. The molecule has 7 heteroatoms. The lowest BCUT2D eigenvalue weighted by Crippen LogP contribution is -2.29. The predicted octanol–water partition coefficient (Wildman–Crippen LogP) is 3.29. The number of rotatable bonds is 6. The highest BCUT2D eigenvalue weighted by atomic mass is 19.1. The zero-order chi connectivity index (χ0) is 19.8. The first kappa shape index (κ1) is 19.7. The summed E-state index contributed by atoms with van der Waals surface area (Å²) in [6, 6.07) is 12.5. The van der Waals surface area contributed by atoms with Gasteiger partial charge >= 0.3 is 5.97 Å². The van der Waals surface area contributed by atoms with Crippen molar-refractivity contribution >= 4 is 23.6 Å². The van der Waals surface area contributed by atoms with Gasteiger partial charge in [-0.2, -0.15) is 5.26 Å². The number of carbonyl (C=O) groups excluding carboxylic acids is 2. The molecular weight excluding hydrogens is 351 g/mol. The Morgan fingerprint density at radius 1 is 1.26 bits per heavy atom. The lowest BCUT2D eigenvalue weighted by Gasteiger charge is -2.12. The number of ether oxygens (including phenoxy) is 2. The molecule has 6 nitrogen and oxygen atoms in total. The van der Waals surface area contributed by atoms with Crippen molar-refractivity contribution in [1.29, 1.82) is 5.26 Å². The van der Waals surface area contributed by atoms with Crippen LogP contribution in [-0.4, -0.2) is 25.1 Å². The monoisotopic (exact) mass is 368 g/mol. The average Bonchev–Trinajstić information content (AvgIpc) is 2.66. The van der Waals surface area contributed by atoms with Crippen LogP contribution >= 0.6 is 0 Å². The van der Waals surface area contributed by atoms with E-state index in [1.54, 1.807) is 24.3 Å². The fourth-order valence-corrected chi connectivity index (χ4v) is 2.13. The predicted molar refractivity (Wildman–Crippen MR) is 97.3 cm³/mol. The van der Waals surface area contributed by atoms with Crippen LogP contribution in [0.2, 0.25) is 0 Å². The highest BCUT2D eigenvalue weighted by Crippen LogP contribution is 2.18. The van der Waals surface area contributed by atoms with E-state index >= 15 is 0 Å². The molecule has 0 radical (unpaired) electrons. The summed E-state index contributed by atoms with van der Waals surface area (Å²) >= 11 is 0. The van der Waals surface area contributed by atoms with Gasteiger partial charge < -0.3 is 14.8 Å². The Morgan fingerprint density at radius 3 is 2.70 bits per heavy atom. The number of methoxy groups -OCH3 is 1. The van der Waals surface area contributed by atoms with Crippen LogP contribution in [0.15, 0.2) is 48.5 Å². The van der Waals surface area contributed by atoms with Gasteiger partial charge in [0.15, 0.2) is 17.7 Å². The minimum atomic E-state index is -1.06. The Morgan fingerprint density at radius 2 is 2.04 bits per heavy atom. The van der Waals surface area contributed by atoms with Crippen molar-refractivity contribution in [3.8, 4) is 11.8 Å². The van der Waals surface area contributed by atoms with E-state index in [1.807, 2.05) is 6.07 Å². The maximum Gasteiger partial charge on any atom is 0.331 e. The number of nitrogens with one attached hydrogen (secondary N) is 1. The zero-order valence-electron chi connectivity index (χ0n) is 14.7. The number of anilines is 1. The second kappa shape index (κ2) is 9.15. The maximum absolute atomic E-state index is 13.6. The second-order valence-electron chi connectivity index (χ2n) is 5.49. The molecule has 2 aromatic carbocycles. The molecule has 0 saturated heterocycles. The van der Waals surface area contributed by atoms with Crippen LogP contribution in [0.4, 0.5) is 10.1 Å². The normalized spacial score (nSPS) is 11.5. The SMILES string of the molecule is COc1ccc(/C=C/C(=O)O[C@@H](C)C(=O)Nc2cccc(C#N)c2)cc1F. The molecule has 0 spiro atoms. The third-order valence-electron chi connectivity index (χ3n) is 3.51. The summed E-state index contributed by atoms with van der Waals surface area (Å²) < 4.78 is 23.4. The number of hydrogen-bond acceptors (Lipinski definition) is 5. The molecule has 2 rings (SSSR count). The van der Waals surface area contributed by atoms with Gasteiger partial charge in [-0.05, 0) is 48.9 Å². The van der Waals surface area contributed by atoms with Crippen LogP contribution in [0, 0.1) is 17.1 Å². The number of carbonyl (C=O) groups is 2. The fourth-order valence-electron chi connectivity index (χ4n) is 2.13. The van der Waals surface area contributed by atoms with E-state index in [1.165, 1.54) is 38.3 Å². The largest absolute Gasteiger partial charge is 0.494 e. The summed E-state index contributed by atoms with van der Waals surface area (Å²) in [7, 11) is 1.36. The Balaban J connectivity index is 1.93. The molecule has 0 heterocycles. The van der Waals surface area contributed by atoms with Crippen molar-refractivity contribution in [2.24, 2.45) is 0 Å². The molecule has 1 amide bonds. The van der Waals surface area contributed by atoms with Gasteiger partial charge in [0, 0.05) is 11.8 Å². The summed E-state index contributed by atoms with van der Waals surface area (Å²) in [6.07, 6.45) is 1.41. The van der Waals surface area contributed by atoms with Crippen molar-refractivity contribution in [3.05, 3.63) is 65.5 Å². The van der Waals surface area contributed by atoms with Gasteiger partial charge in [-0.1, -0.05) is 12.1 Å². The first-order valence-electron chi connectivity index (χ1n) is 7.96. The lowest BCUT2D eigenvalue weighted by atomic mass is 10.2. The summed E-state index contributed by atoms with van der Waals surface area (Å²) in [4.78, 5) is 23.9. The molecule has 0 aliphatic rings. The van der Waals surface area contributed by atoms with Gasteiger partial charge in [-0.15, -0.1) is 0 Å². The molecule has 0 aliphatic carbocycles. The minimum Gasteiger partial charge on any atom is -0.494 e. The van der Waals surface area contributed by atoms with Gasteiger partial charge in [-0.25, -0.2) is 9.18 Å². The highest BCUT2D eigenvalue weighted by Gasteiger charge is 2.16. The molecule has 0 unspecified atom stereocenters. The Bertz CT molecular complexity index is 918. The van der Waals surface area contributed by atoms with Crippen molar-refractivity contribution in [2.45, 2.75) is 13.0 Å². The zero-order valence-corrected chi connectivity index (χ0v) is 14.7. The molecule has 2 aromatic rings. The number of esters is 1. The van der Waals surface area contributed by atoms with Crippen LogP contribution in [-0.2, 0) is 14.3 Å². The standard InChI is InChI=1S/C20H17FN2O4/c1-13(20(25)23-16-5-3-4-15(10-16)12-22)27-19(24)9-7-14-6-8-18(26-2)17(21)11-14/h3-11,13H,1-2H3,(H,23,25)/b9-7+/t13-/m0/s1. The fraction of sp³-hybridized carbons (Fsp3) is 0.150. The molecule has 1 N–H and O–H groups in total. The van der Waals surface area contributed by atoms with Crippen molar-refractivity contribution in [3.63, 3.8) is 0 Å². The van der Waals surface area contributed by atoms with Crippen LogP contribution < -0.4 is 10.1 Å². The average molecular weight is 368 g/mol. The third-order valence-corrected chi connectivity index (χ3v) is 3.51. The minimum absolute atomic E-state index is 0.0977. The van der Waals surface area contributed by atoms with Crippen LogP contribution in [0.25, 0.3) is 6.08 Å². The number of benzene rings is 2. The number of amides is 1. The smallest absolute Gasteiger partial charge is 0.331 e. The Hall–Kier alpha value is -3.66. The van der Waals surface area contributed by atoms with Crippen LogP contribution in [0.3, 0.4) is 0 Å². The molecule has 27 heavy (non-hydrogen) atoms. The van der Waals surface area contributed by atoms with Gasteiger partial charge in [0.2, 0.25) is 0 Å². The topological polar surface area (TPSA) is 88.4 Å². The summed E-state index contributed by atoms with van der Waals surface area (Å²) in [5, 5.41) is 11.4. The highest BCUT2D eigenvalue weighted by molar-refractivity contribution is 5.96. The molecule has 0 aromatic heterocycles. The first-order chi connectivity index (χ1) is 12.9. The molecule has 138 valence electrons. The number of nitrogens with zero attached hydrogens (tertiary/aromatic N) is 1. The van der Waals surface area contributed by atoms with Crippen LogP contribution in [0.5, 0.6) is 5.75 Å². The molecule has 0 fully saturated rings. The van der Waals surface area contributed by atoms with Gasteiger partial charge in [0.1, 0.15) is 0 Å². The second-order valence-corrected chi connectivity index (χ2v) is 5.49. The van der Waals surface area contributed by atoms with E-state index in [0.717, 1.165) is 6.08 Å². The van der Waals surface area contributed by atoms with E-state index in [2.05, 4.69) is 5.32 Å². The third kappa shape index (κ3) is 5.68. The Kier molecular flexibility index (Phi) is 6.67. The van der Waals surface area contributed by atoms with Gasteiger partial charge in [0.05, 0.1) is 18.7 Å². The number of nitriles is 1. The van der Waals surface area contributed by atoms with E-state index in [-0.39, 0.29) is 5.75 Å². The molecule has 0 bridgehead atoms. The van der Waals surface area contributed by atoms with E-state index in [0.29, 0.717) is 16.8 Å². The summed E-state index contributed by atoms with van der Waals surface area (Å²) in [5.41, 5.74) is 1.26. The van der Waals surface area contributed by atoms with Gasteiger partial charge in [0.25, 0.3) is 5.91 Å². The lowest BCUT2D eigenvalue weighted by molar-refractivity contribution is -0.148. The van der Waals surface area contributed by atoms with Gasteiger partial charge in [-0.3, -0.25) is 4.79 Å². The van der Waals surface area contributed by atoms with Crippen molar-refractivity contribution in [1.82, 2.24) is 0 Å². The van der Waals surface area contributed by atoms with E-state index in [9.17, 15) is 14.0 Å². The van der Waals surface area contributed by atoms with Crippen molar-refractivity contribution < 1.29 is 23.5 Å². The molecule has 0 saturated carbocycles. The molecular formula is C20H17FN2O4. The molecule has 1 atom stereocenters. The molecule has 0 aliphatic heterocycles. The number of halogens is 1. The van der Waals surface area contributed by atoms with E-state index in [4.69, 9.17) is 14.7 Å². The Labute approximate surface area is 155 Å². The van der Waals surface area contributed by atoms with E-state index < -0.39 is 23.8 Å². The van der Waals surface area contributed by atoms with Crippen molar-refractivity contribution in [2.75, 3.05) is 12.4 Å². The quantitative estimate of drug-likeness (QED) is 0.624. The first-order valence-corrected chi connectivity index (χ1v) is 7.96. The summed E-state index contributed by atoms with van der Waals surface area (Å²) in [6.45, 7) is 1.42. The summed E-state index contributed by atoms with van der Waals surface area (Å²) in [5.74, 6) is -1.75.